The Bertz CT molecular complexity index is 465. The van der Waals surface area contributed by atoms with Crippen LogP contribution in [-0.4, -0.2) is 5.91 Å². The first-order valence-electron chi connectivity index (χ1n) is 5.91. The van der Waals surface area contributed by atoms with E-state index in [0.29, 0.717) is 5.56 Å². The first kappa shape index (κ1) is 14.2. The van der Waals surface area contributed by atoms with Gasteiger partial charge in [0.1, 0.15) is 11.7 Å². The minimum atomic E-state index is -0.709. The number of halogens is 1. The van der Waals surface area contributed by atoms with Crippen molar-refractivity contribution < 1.29 is 9.18 Å². The summed E-state index contributed by atoms with van der Waals surface area (Å²) in [6.45, 7) is 5.31. The third-order valence-electron chi connectivity index (χ3n) is 2.82. The van der Waals surface area contributed by atoms with Crippen LogP contribution in [0.15, 0.2) is 24.3 Å². The molecule has 2 unspecified atom stereocenters. The highest BCUT2D eigenvalue weighted by molar-refractivity contribution is 5.81. The molecule has 1 aromatic rings. The first-order valence-corrected chi connectivity index (χ1v) is 5.91. The normalized spacial score (nSPS) is 13.8. The largest absolute Gasteiger partial charge is 0.348 e. The monoisotopic (exact) mass is 248 g/mol. The molecule has 3 nitrogen and oxygen atoms in total. The Kier molecular flexibility index (Phi) is 4.85. The standard InChI is InChI=1S/C14H17FN2O/c1-9(2)12(8-16)14(18)17-10(3)11-6-4-5-7-13(11)15/h4-7,9-10,12H,1-3H3,(H,17,18). The summed E-state index contributed by atoms with van der Waals surface area (Å²) in [7, 11) is 0. The van der Waals surface area contributed by atoms with Crippen LogP contribution in [0.1, 0.15) is 32.4 Å². The zero-order chi connectivity index (χ0) is 13.7. The molecule has 0 bridgehead atoms. The predicted molar refractivity (Wildman–Crippen MR) is 66.9 cm³/mol. The SMILES string of the molecule is CC(NC(=O)C(C#N)C(C)C)c1ccccc1F. The topological polar surface area (TPSA) is 52.9 Å². The summed E-state index contributed by atoms with van der Waals surface area (Å²) in [4.78, 5) is 11.9. The first-order chi connectivity index (χ1) is 8.47. The average Bonchev–Trinajstić information content (AvgIpc) is 2.29. The highest BCUT2D eigenvalue weighted by Gasteiger charge is 2.23. The number of hydrogen-bond acceptors (Lipinski definition) is 2. The van der Waals surface area contributed by atoms with Crippen LogP contribution in [0, 0.1) is 29.0 Å². The maximum atomic E-state index is 13.5. The molecule has 4 heteroatoms. The summed E-state index contributed by atoms with van der Waals surface area (Å²) in [5, 5.41) is 11.6. The van der Waals surface area contributed by atoms with Gasteiger partial charge in [-0.1, -0.05) is 32.0 Å². The van der Waals surface area contributed by atoms with Crippen LogP contribution in [0.5, 0.6) is 0 Å². The summed E-state index contributed by atoms with van der Waals surface area (Å²) in [6, 6.07) is 7.80. The van der Waals surface area contributed by atoms with Crippen LogP contribution in [0.2, 0.25) is 0 Å². The van der Waals surface area contributed by atoms with Gasteiger partial charge in [0.2, 0.25) is 5.91 Å². The molecule has 0 radical (unpaired) electrons. The Morgan fingerprint density at radius 3 is 2.44 bits per heavy atom. The second-order valence-electron chi connectivity index (χ2n) is 4.60. The second-order valence-corrected chi connectivity index (χ2v) is 4.60. The highest BCUT2D eigenvalue weighted by atomic mass is 19.1. The van der Waals surface area contributed by atoms with Gasteiger partial charge in [-0.05, 0) is 18.9 Å². The lowest BCUT2D eigenvalue weighted by Gasteiger charge is -2.18. The average molecular weight is 248 g/mol. The number of nitriles is 1. The van der Waals surface area contributed by atoms with Gasteiger partial charge >= 0.3 is 0 Å². The van der Waals surface area contributed by atoms with Gasteiger partial charge in [-0.25, -0.2) is 4.39 Å². The molecule has 1 amide bonds. The zero-order valence-corrected chi connectivity index (χ0v) is 10.8. The molecule has 0 saturated carbocycles. The van der Waals surface area contributed by atoms with Crippen LogP contribution >= 0.6 is 0 Å². The number of benzene rings is 1. The van der Waals surface area contributed by atoms with E-state index in [4.69, 9.17) is 5.26 Å². The molecule has 1 rings (SSSR count). The van der Waals surface area contributed by atoms with Crippen molar-refractivity contribution in [3.05, 3.63) is 35.6 Å². The highest BCUT2D eigenvalue weighted by Crippen LogP contribution is 2.18. The van der Waals surface area contributed by atoms with Crippen LogP contribution in [0.25, 0.3) is 0 Å². The van der Waals surface area contributed by atoms with E-state index in [1.807, 2.05) is 6.07 Å². The molecule has 0 aromatic heterocycles. The Hall–Kier alpha value is -1.89. The lowest BCUT2D eigenvalue weighted by molar-refractivity contribution is -0.125. The maximum absolute atomic E-state index is 13.5. The van der Waals surface area contributed by atoms with E-state index in [1.54, 1.807) is 39.0 Å². The van der Waals surface area contributed by atoms with Gasteiger partial charge in [-0.2, -0.15) is 5.26 Å². The summed E-state index contributed by atoms with van der Waals surface area (Å²) >= 11 is 0. The minimum absolute atomic E-state index is 0.0668. The molecule has 0 aliphatic heterocycles. The van der Waals surface area contributed by atoms with Crippen molar-refractivity contribution in [3.8, 4) is 6.07 Å². The summed E-state index contributed by atoms with van der Waals surface area (Å²) in [5.74, 6) is -1.49. The fraction of sp³-hybridized carbons (Fsp3) is 0.429. The summed E-state index contributed by atoms with van der Waals surface area (Å²) in [5.41, 5.74) is 0.422. The van der Waals surface area contributed by atoms with Crippen molar-refractivity contribution in [1.82, 2.24) is 5.32 Å². The van der Waals surface area contributed by atoms with E-state index in [0.717, 1.165) is 0 Å². The molecule has 96 valence electrons. The van der Waals surface area contributed by atoms with Gasteiger partial charge < -0.3 is 5.32 Å². The Morgan fingerprint density at radius 2 is 1.94 bits per heavy atom. The number of nitrogens with one attached hydrogen (secondary N) is 1. The number of carbonyl (C=O) groups excluding carboxylic acids is 1. The van der Waals surface area contributed by atoms with Gasteiger partial charge in [0, 0.05) is 5.56 Å². The molecule has 0 saturated heterocycles. The van der Waals surface area contributed by atoms with E-state index in [9.17, 15) is 9.18 Å². The Morgan fingerprint density at radius 1 is 1.33 bits per heavy atom. The number of hydrogen-bond donors (Lipinski definition) is 1. The molecule has 18 heavy (non-hydrogen) atoms. The zero-order valence-electron chi connectivity index (χ0n) is 10.8. The van der Waals surface area contributed by atoms with Gasteiger partial charge in [0.15, 0.2) is 0 Å². The number of carbonyl (C=O) groups is 1. The van der Waals surface area contributed by atoms with Crippen molar-refractivity contribution in [1.29, 1.82) is 5.26 Å². The third kappa shape index (κ3) is 3.30. The minimum Gasteiger partial charge on any atom is -0.348 e. The van der Waals surface area contributed by atoms with Crippen molar-refractivity contribution in [2.45, 2.75) is 26.8 Å². The number of rotatable bonds is 4. The van der Waals surface area contributed by atoms with Crippen LogP contribution in [0.4, 0.5) is 4.39 Å². The van der Waals surface area contributed by atoms with Crippen molar-refractivity contribution in [3.63, 3.8) is 0 Å². The van der Waals surface area contributed by atoms with E-state index in [2.05, 4.69) is 5.32 Å². The molecule has 0 heterocycles. The van der Waals surface area contributed by atoms with E-state index in [1.165, 1.54) is 6.07 Å². The fourth-order valence-corrected chi connectivity index (χ4v) is 1.72. The molecule has 0 fully saturated rings. The van der Waals surface area contributed by atoms with Crippen LogP contribution in [0.3, 0.4) is 0 Å². The van der Waals surface area contributed by atoms with Gasteiger partial charge in [0.25, 0.3) is 0 Å². The van der Waals surface area contributed by atoms with E-state index < -0.39 is 12.0 Å². The van der Waals surface area contributed by atoms with Crippen LogP contribution < -0.4 is 5.32 Å². The van der Waals surface area contributed by atoms with Gasteiger partial charge in [-0.15, -0.1) is 0 Å². The fourth-order valence-electron chi connectivity index (χ4n) is 1.72. The van der Waals surface area contributed by atoms with Crippen molar-refractivity contribution in [2.24, 2.45) is 11.8 Å². The van der Waals surface area contributed by atoms with Gasteiger partial charge in [-0.3, -0.25) is 4.79 Å². The molecular formula is C14H17FN2O. The molecular weight excluding hydrogens is 231 g/mol. The maximum Gasteiger partial charge on any atom is 0.238 e. The second kappa shape index (κ2) is 6.15. The molecule has 0 aliphatic carbocycles. The third-order valence-corrected chi connectivity index (χ3v) is 2.82. The molecule has 1 N–H and O–H groups in total. The summed E-state index contributed by atoms with van der Waals surface area (Å²) in [6.07, 6.45) is 0. The Labute approximate surface area is 107 Å². The molecule has 0 spiro atoms. The smallest absolute Gasteiger partial charge is 0.238 e. The van der Waals surface area contributed by atoms with Crippen LogP contribution in [-0.2, 0) is 4.79 Å². The molecule has 0 aliphatic rings. The summed E-state index contributed by atoms with van der Waals surface area (Å²) < 4.78 is 13.5. The quantitative estimate of drug-likeness (QED) is 0.890. The predicted octanol–water partition coefficient (Wildman–Crippen LogP) is 2.80. The lowest BCUT2D eigenvalue weighted by atomic mass is 9.96. The van der Waals surface area contributed by atoms with Crippen molar-refractivity contribution >= 4 is 5.91 Å². The number of nitrogens with zero attached hydrogens (tertiary/aromatic N) is 1. The molecule has 2 atom stereocenters. The lowest BCUT2D eigenvalue weighted by Crippen LogP contribution is -2.34. The van der Waals surface area contributed by atoms with Gasteiger partial charge in [0.05, 0.1) is 12.1 Å². The Balaban J connectivity index is 2.77. The molecule has 1 aromatic carbocycles. The van der Waals surface area contributed by atoms with E-state index in [-0.39, 0.29) is 17.6 Å². The van der Waals surface area contributed by atoms with E-state index >= 15 is 0 Å². The van der Waals surface area contributed by atoms with Crippen molar-refractivity contribution in [2.75, 3.05) is 0 Å². The number of amides is 1.